The van der Waals surface area contributed by atoms with E-state index in [0.717, 1.165) is 5.69 Å². The third-order valence-electron chi connectivity index (χ3n) is 1.51. The zero-order valence-corrected chi connectivity index (χ0v) is 8.16. The van der Waals surface area contributed by atoms with Crippen molar-refractivity contribution in [3.05, 3.63) is 12.3 Å². The zero-order valence-electron chi connectivity index (χ0n) is 8.16. The van der Waals surface area contributed by atoms with Crippen LogP contribution >= 0.6 is 0 Å². The molecule has 72 valence electrons. The lowest BCUT2D eigenvalue weighted by Crippen LogP contribution is -2.09. The van der Waals surface area contributed by atoms with Gasteiger partial charge in [-0.25, -0.2) is 4.98 Å². The minimum atomic E-state index is 0.0928. The fraction of sp³-hybridized carbons (Fsp3) is 0.444. The third kappa shape index (κ3) is 2.50. The Labute approximate surface area is 78.1 Å². The van der Waals surface area contributed by atoms with Crippen molar-refractivity contribution in [2.45, 2.75) is 20.0 Å². The van der Waals surface area contributed by atoms with Crippen molar-refractivity contribution in [2.24, 2.45) is 0 Å². The van der Waals surface area contributed by atoms with Gasteiger partial charge in [-0.3, -0.25) is 0 Å². The summed E-state index contributed by atoms with van der Waals surface area (Å²) in [5.74, 6) is 0.494. The second-order valence-electron chi connectivity index (χ2n) is 3.03. The highest BCUT2D eigenvalue weighted by atomic mass is 16.5. The molecule has 0 radical (unpaired) electrons. The lowest BCUT2D eigenvalue weighted by molar-refractivity contribution is 0.234. The number of nitrogens with one attached hydrogen (secondary N) is 1. The van der Waals surface area contributed by atoms with E-state index in [2.05, 4.69) is 10.3 Å². The number of nitrogen functional groups attached to an aromatic ring is 1. The van der Waals surface area contributed by atoms with Crippen LogP contribution in [-0.4, -0.2) is 18.1 Å². The molecule has 0 aliphatic heterocycles. The Hall–Kier alpha value is -1.45. The van der Waals surface area contributed by atoms with Gasteiger partial charge in [0.1, 0.15) is 0 Å². The van der Waals surface area contributed by atoms with Crippen molar-refractivity contribution in [2.75, 3.05) is 18.1 Å². The van der Waals surface area contributed by atoms with Crippen LogP contribution in [0.25, 0.3) is 0 Å². The number of rotatable bonds is 3. The van der Waals surface area contributed by atoms with Crippen molar-refractivity contribution in [1.82, 2.24) is 4.98 Å². The minimum Gasteiger partial charge on any atom is -0.473 e. The largest absolute Gasteiger partial charge is 0.473 e. The third-order valence-corrected chi connectivity index (χ3v) is 1.51. The quantitative estimate of drug-likeness (QED) is 0.741. The average molecular weight is 181 g/mol. The molecule has 0 saturated carbocycles. The van der Waals surface area contributed by atoms with Gasteiger partial charge in [0.2, 0.25) is 5.88 Å². The van der Waals surface area contributed by atoms with Gasteiger partial charge in [0.05, 0.1) is 23.7 Å². The zero-order chi connectivity index (χ0) is 9.84. The number of nitrogens with two attached hydrogens (primary N) is 1. The van der Waals surface area contributed by atoms with Crippen LogP contribution in [0, 0.1) is 0 Å². The van der Waals surface area contributed by atoms with Crippen molar-refractivity contribution in [3.8, 4) is 5.88 Å². The molecule has 0 aliphatic rings. The van der Waals surface area contributed by atoms with E-state index in [1.165, 1.54) is 0 Å². The van der Waals surface area contributed by atoms with Gasteiger partial charge in [0.25, 0.3) is 0 Å². The van der Waals surface area contributed by atoms with Crippen molar-refractivity contribution >= 4 is 11.4 Å². The summed E-state index contributed by atoms with van der Waals surface area (Å²) in [5.41, 5.74) is 7.16. The first-order valence-electron chi connectivity index (χ1n) is 4.23. The number of nitrogens with zero attached hydrogens (tertiary/aromatic N) is 1. The van der Waals surface area contributed by atoms with Crippen molar-refractivity contribution in [3.63, 3.8) is 0 Å². The second kappa shape index (κ2) is 3.98. The number of hydrogen-bond acceptors (Lipinski definition) is 4. The van der Waals surface area contributed by atoms with Gasteiger partial charge < -0.3 is 15.8 Å². The summed E-state index contributed by atoms with van der Waals surface area (Å²) in [6.07, 6.45) is 1.78. The van der Waals surface area contributed by atoms with Crippen LogP contribution in [0.4, 0.5) is 11.4 Å². The maximum atomic E-state index is 5.72. The Morgan fingerprint density at radius 1 is 1.54 bits per heavy atom. The fourth-order valence-electron chi connectivity index (χ4n) is 0.928. The number of anilines is 2. The summed E-state index contributed by atoms with van der Waals surface area (Å²) in [5, 5.41) is 2.95. The normalized spacial score (nSPS) is 10.2. The van der Waals surface area contributed by atoms with Crippen LogP contribution < -0.4 is 15.8 Å². The fourth-order valence-corrected chi connectivity index (χ4v) is 0.928. The molecule has 0 amide bonds. The van der Waals surface area contributed by atoms with E-state index in [4.69, 9.17) is 10.5 Å². The first-order valence-corrected chi connectivity index (χ1v) is 4.23. The maximum absolute atomic E-state index is 5.72. The molecular weight excluding hydrogens is 166 g/mol. The van der Waals surface area contributed by atoms with Crippen LogP contribution in [-0.2, 0) is 0 Å². The Morgan fingerprint density at radius 3 is 2.69 bits per heavy atom. The summed E-state index contributed by atoms with van der Waals surface area (Å²) in [7, 11) is 1.82. The van der Waals surface area contributed by atoms with Crippen molar-refractivity contribution < 1.29 is 4.74 Å². The topological polar surface area (TPSA) is 60.2 Å². The van der Waals surface area contributed by atoms with Crippen LogP contribution in [0.5, 0.6) is 5.88 Å². The molecule has 4 heteroatoms. The van der Waals surface area contributed by atoms with Crippen LogP contribution in [0.1, 0.15) is 13.8 Å². The molecule has 4 nitrogen and oxygen atoms in total. The van der Waals surface area contributed by atoms with Crippen LogP contribution in [0.15, 0.2) is 12.3 Å². The standard InChI is InChI=1S/C9H15N3O/c1-6(2)13-9-8(10)4-7(11-3)5-12-9/h4-6,11H,10H2,1-3H3. The number of ether oxygens (including phenoxy) is 1. The van der Waals surface area contributed by atoms with E-state index >= 15 is 0 Å². The number of pyridine rings is 1. The predicted octanol–water partition coefficient (Wildman–Crippen LogP) is 1.49. The van der Waals surface area contributed by atoms with Gasteiger partial charge in [-0.1, -0.05) is 0 Å². The Bertz CT molecular complexity index is 286. The monoisotopic (exact) mass is 181 g/mol. The van der Waals surface area contributed by atoms with Gasteiger partial charge in [-0.05, 0) is 19.9 Å². The molecule has 1 heterocycles. The molecule has 13 heavy (non-hydrogen) atoms. The van der Waals surface area contributed by atoms with E-state index in [-0.39, 0.29) is 6.10 Å². The van der Waals surface area contributed by atoms with Crippen LogP contribution in [0.2, 0.25) is 0 Å². The molecular formula is C9H15N3O. The highest BCUT2D eigenvalue weighted by Crippen LogP contribution is 2.22. The van der Waals surface area contributed by atoms with Gasteiger partial charge in [0.15, 0.2) is 0 Å². The molecule has 0 atom stereocenters. The summed E-state index contributed by atoms with van der Waals surface area (Å²) in [4.78, 5) is 4.08. The van der Waals surface area contributed by atoms with Crippen LogP contribution in [0.3, 0.4) is 0 Å². The first-order chi connectivity index (χ1) is 6.13. The van der Waals surface area contributed by atoms with Crippen molar-refractivity contribution in [1.29, 1.82) is 0 Å². The van der Waals surface area contributed by atoms with E-state index in [1.54, 1.807) is 12.3 Å². The highest BCUT2D eigenvalue weighted by Gasteiger charge is 2.04. The molecule has 0 saturated heterocycles. The Balaban J connectivity index is 2.85. The minimum absolute atomic E-state index is 0.0928. The molecule has 1 rings (SSSR count). The highest BCUT2D eigenvalue weighted by molar-refractivity contribution is 5.57. The molecule has 1 aromatic rings. The number of aromatic nitrogens is 1. The van der Waals surface area contributed by atoms with E-state index in [9.17, 15) is 0 Å². The van der Waals surface area contributed by atoms with E-state index in [0.29, 0.717) is 11.6 Å². The van der Waals surface area contributed by atoms with E-state index < -0.39 is 0 Å². The molecule has 0 aliphatic carbocycles. The predicted molar refractivity (Wildman–Crippen MR) is 54.0 cm³/mol. The van der Waals surface area contributed by atoms with Gasteiger partial charge >= 0.3 is 0 Å². The summed E-state index contributed by atoms with van der Waals surface area (Å²) >= 11 is 0. The molecule has 0 aromatic carbocycles. The summed E-state index contributed by atoms with van der Waals surface area (Å²) < 4.78 is 5.38. The lowest BCUT2D eigenvalue weighted by Gasteiger charge is -2.11. The van der Waals surface area contributed by atoms with Gasteiger partial charge in [-0.2, -0.15) is 0 Å². The maximum Gasteiger partial charge on any atom is 0.237 e. The molecule has 1 aromatic heterocycles. The molecule has 0 bridgehead atoms. The smallest absolute Gasteiger partial charge is 0.237 e. The summed E-state index contributed by atoms with van der Waals surface area (Å²) in [6.45, 7) is 3.88. The molecule has 0 spiro atoms. The lowest BCUT2D eigenvalue weighted by atomic mass is 10.3. The number of hydrogen-bond donors (Lipinski definition) is 2. The first kappa shape index (κ1) is 9.64. The summed E-state index contributed by atoms with van der Waals surface area (Å²) in [6, 6.07) is 1.80. The average Bonchev–Trinajstić information content (AvgIpc) is 2.08. The molecule has 0 unspecified atom stereocenters. The SMILES string of the molecule is CNc1cnc(OC(C)C)c(N)c1. The van der Waals surface area contributed by atoms with E-state index in [1.807, 2.05) is 20.9 Å². The molecule has 0 fully saturated rings. The van der Waals surface area contributed by atoms with Gasteiger partial charge in [0, 0.05) is 7.05 Å². The Morgan fingerprint density at radius 2 is 2.23 bits per heavy atom. The molecule has 3 N–H and O–H groups in total. The second-order valence-corrected chi connectivity index (χ2v) is 3.03. The Kier molecular flexibility index (Phi) is 2.95. The van der Waals surface area contributed by atoms with Gasteiger partial charge in [-0.15, -0.1) is 0 Å².